The number of aromatic carboxylic acids is 1. The molecular weight excluding hydrogens is 566 g/mol. The summed E-state index contributed by atoms with van der Waals surface area (Å²) in [5, 5.41) is 14.2. The number of carbonyl (C=O) groups is 3. The van der Waals surface area contributed by atoms with Gasteiger partial charge in [0.05, 0.1) is 37.0 Å². The summed E-state index contributed by atoms with van der Waals surface area (Å²) in [6, 6.07) is 13.3. The predicted octanol–water partition coefficient (Wildman–Crippen LogP) is 7.63. The number of thioether (sulfide) groups is 1. The molecule has 0 saturated carbocycles. The van der Waals surface area contributed by atoms with Crippen LogP contribution in [0.3, 0.4) is 0 Å². The van der Waals surface area contributed by atoms with Gasteiger partial charge in [0.15, 0.2) is 0 Å². The van der Waals surface area contributed by atoms with Crippen molar-refractivity contribution in [3.05, 3.63) is 84.8 Å². The second-order valence-electron chi connectivity index (χ2n) is 6.63. The predicted molar refractivity (Wildman–Crippen MR) is 139 cm³/mol. The highest BCUT2D eigenvalue weighted by molar-refractivity contribution is 8.00. The Balaban J connectivity index is 1.67. The summed E-state index contributed by atoms with van der Waals surface area (Å²) < 4.78 is 0. The maximum atomic E-state index is 12.8. The molecule has 0 aliphatic rings. The van der Waals surface area contributed by atoms with Gasteiger partial charge < -0.3 is 15.7 Å². The van der Waals surface area contributed by atoms with E-state index in [1.54, 1.807) is 48.5 Å². The molecule has 0 atom stereocenters. The third kappa shape index (κ3) is 6.30. The van der Waals surface area contributed by atoms with Crippen molar-refractivity contribution in [1.82, 2.24) is 0 Å². The second-order valence-corrected chi connectivity index (χ2v) is 9.63. The van der Waals surface area contributed by atoms with E-state index in [-0.39, 0.29) is 26.7 Å². The summed E-state index contributed by atoms with van der Waals surface area (Å²) in [6.45, 7) is 0. The van der Waals surface area contributed by atoms with E-state index >= 15 is 0 Å². The van der Waals surface area contributed by atoms with Crippen LogP contribution < -0.4 is 10.6 Å². The largest absolute Gasteiger partial charge is 0.478 e. The Labute approximate surface area is 223 Å². The maximum Gasteiger partial charge on any atom is 0.338 e. The Kier molecular flexibility index (Phi) is 8.98. The first-order valence-electron chi connectivity index (χ1n) is 9.27. The zero-order chi connectivity index (χ0) is 25.0. The summed E-state index contributed by atoms with van der Waals surface area (Å²) in [6.07, 6.45) is 0. The van der Waals surface area contributed by atoms with Crippen molar-refractivity contribution in [1.29, 1.82) is 0 Å². The minimum Gasteiger partial charge on any atom is -0.478 e. The molecular formula is C22H13Cl5N2O4S. The lowest BCUT2D eigenvalue weighted by atomic mass is 10.1. The minimum absolute atomic E-state index is 0.160. The van der Waals surface area contributed by atoms with Crippen molar-refractivity contribution >= 4 is 98.9 Å². The van der Waals surface area contributed by atoms with Crippen LogP contribution in [0.15, 0.2) is 53.4 Å². The van der Waals surface area contributed by atoms with E-state index in [9.17, 15) is 19.5 Å². The summed E-state index contributed by atoms with van der Waals surface area (Å²) in [5.41, 5.74) is 0.0211. The lowest BCUT2D eigenvalue weighted by molar-refractivity contribution is -0.113. The monoisotopic (exact) mass is 576 g/mol. The number of carbonyl (C=O) groups excluding carboxylic acids is 2. The molecule has 2 amide bonds. The van der Waals surface area contributed by atoms with Crippen molar-refractivity contribution in [3.63, 3.8) is 0 Å². The molecule has 6 nitrogen and oxygen atoms in total. The van der Waals surface area contributed by atoms with Crippen LogP contribution in [0.25, 0.3) is 0 Å². The van der Waals surface area contributed by atoms with Crippen molar-refractivity contribution < 1.29 is 19.5 Å². The average molecular weight is 579 g/mol. The number of nitrogens with one attached hydrogen (secondary N) is 2. The van der Waals surface area contributed by atoms with Crippen molar-refractivity contribution in [2.45, 2.75) is 4.90 Å². The third-order valence-electron chi connectivity index (χ3n) is 4.32. The summed E-state index contributed by atoms with van der Waals surface area (Å²) in [4.78, 5) is 37.3. The number of hydrogen-bond acceptors (Lipinski definition) is 4. The van der Waals surface area contributed by atoms with Crippen LogP contribution >= 0.6 is 69.8 Å². The van der Waals surface area contributed by atoms with Gasteiger partial charge in [-0.3, -0.25) is 9.59 Å². The molecule has 3 aromatic carbocycles. The number of anilines is 2. The zero-order valence-electron chi connectivity index (χ0n) is 16.8. The van der Waals surface area contributed by atoms with Gasteiger partial charge in [0.2, 0.25) is 5.91 Å². The fraction of sp³-hybridized carbons (Fsp3) is 0.0455. The van der Waals surface area contributed by atoms with Crippen LogP contribution in [0.4, 0.5) is 11.4 Å². The average Bonchev–Trinajstić information content (AvgIpc) is 2.80. The van der Waals surface area contributed by atoms with Gasteiger partial charge in [-0.2, -0.15) is 0 Å². The normalized spacial score (nSPS) is 10.6. The summed E-state index contributed by atoms with van der Waals surface area (Å²) >= 11 is 31.1. The number of hydrogen-bond donors (Lipinski definition) is 3. The molecule has 0 saturated heterocycles. The second kappa shape index (κ2) is 11.5. The van der Waals surface area contributed by atoms with E-state index in [0.717, 1.165) is 4.90 Å². The number of amides is 2. The summed E-state index contributed by atoms with van der Waals surface area (Å²) in [5.74, 6) is -2.35. The maximum absolute atomic E-state index is 12.8. The zero-order valence-corrected chi connectivity index (χ0v) is 21.4. The quantitative estimate of drug-likeness (QED) is 0.152. The van der Waals surface area contributed by atoms with E-state index < -0.39 is 28.0 Å². The number of carboxylic acid groups (broad SMARTS) is 1. The Morgan fingerprint density at radius 2 is 1.21 bits per heavy atom. The van der Waals surface area contributed by atoms with Gasteiger partial charge in [0.25, 0.3) is 5.91 Å². The van der Waals surface area contributed by atoms with Crippen LogP contribution in [0.2, 0.25) is 25.1 Å². The minimum atomic E-state index is -1.49. The molecule has 3 aromatic rings. The molecule has 12 heteroatoms. The Morgan fingerprint density at radius 1 is 0.706 bits per heavy atom. The first kappa shape index (κ1) is 26.5. The number of carboxylic acids is 1. The highest BCUT2D eigenvalue weighted by atomic mass is 35.5. The van der Waals surface area contributed by atoms with E-state index in [0.29, 0.717) is 16.4 Å². The molecule has 3 N–H and O–H groups in total. The van der Waals surface area contributed by atoms with Crippen molar-refractivity contribution in [2.24, 2.45) is 0 Å². The molecule has 0 unspecified atom stereocenters. The topological polar surface area (TPSA) is 95.5 Å². The molecule has 0 spiro atoms. The molecule has 0 bridgehead atoms. The van der Waals surface area contributed by atoms with Gasteiger partial charge in [0.1, 0.15) is 0 Å². The smallest absolute Gasteiger partial charge is 0.338 e. The molecule has 176 valence electrons. The van der Waals surface area contributed by atoms with Crippen LogP contribution in [-0.2, 0) is 4.79 Å². The lowest BCUT2D eigenvalue weighted by Gasteiger charge is -2.14. The Bertz CT molecular complexity index is 1270. The molecule has 0 aliphatic heterocycles. The van der Waals surface area contributed by atoms with Crippen LogP contribution in [0.5, 0.6) is 0 Å². The van der Waals surface area contributed by atoms with Crippen LogP contribution in [0.1, 0.15) is 20.7 Å². The molecule has 3 rings (SSSR count). The standard InChI is InChI=1S/C22H13Cl5N2O4S/c23-10-1-3-11(4-2-10)28-14(30)9-34-13-7-5-12(6-8-13)29-21(31)15-16(22(32)33)18(25)20(27)19(26)17(15)24/h1-8H,9H2,(H,28,30)(H,29,31)(H,32,33). The van der Waals surface area contributed by atoms with Crippen molar-refractivity contribution in [3.8, 4) is 0 Å². The Morgan fingerprint density at radius 3 is 1.76 bits per heavy atom. The number of benzene rings is 3. The van der Waals surface area contributed by atoms with Gasteiger partial charge >= 0.3 is 5.97 Å². The van der Waals surface area contributed by atoms with Gasteiger partial charge in [-0.1, -0.05) is 58.0 Å². The molecule has 0 aromatic heterocycles. The van der Waals surface area contributed by atoms with Crippen LogP contribution in [-0.4, -0.2) is 28.6 Å². The molecule has 0 heterocycles. The third-order valence-corrected chi connectivity index (χ3v) is 7.38. The van der Waals surface area contributed by atoms with Gasteiger partial charge in [-0.25, -0.2) is 4.79 Å². The molecule has 0 aliphatic carbocycles. The van der Waals surface area contributed by atoms with Crippen molar-refractivity contribution in [2.75, 3.05) is 16.4 Å². The molecule has 0 fully saturated rings. The fourth-order valence-electron chi connectivity index (χ4n) is 2.75. The highest BCUT2D eigenvalue weighted by Gasteiger charge is 2.28. The van der Waals surface area contributed by atoms with E-state index in [4.69, 9.17) is 58.0 Å². The lowest BCUT2D eigenvalue weighted by Crippen LogP contribution is -2.18. The van der Waals surface area contributed by atoms with E-state index in [1.807, 2.05) is 0 Å². The number of halogens is 5. The first-order valence-corrected chi connectivity index (χ1v) is 12.1. The SMILES string of the molecule is O=C(CSc1ccc(NC(=O)c2c(Cl)c(Cl)c(Cl)c(Cl)c2C(=O)O)cc1)Nc1ccc(Cl)cc1. The van der Waals surface area contributed by atoms with Gasteiger partial charge in [0, 0.05) is 21.3 Å². The number of rotatable bonds is 7. The van der Waals surface area contributed by atoms with E-state index in [2.05, 4.69) is 10.6 Å². The first-order chi connectivity index (χ1) is 16.1. The van der Waals surface area contributed by atoms with Gasteiger partial charge in [-0.15, -0.1) is 11.8 Å². The fourth-order valence-corrected chi connectivity index (χ4v) is 4.60. The molecule has 0 radical (unpaired) electrons. The molecule has 34 heavy (non-hydrogen) atoms. The highest BCUT2D eigenvalue weighted by Crippen LogP contribution is 2.41. The van der Waals surface area contributed by atoms with Gasteiger partial charge in [-0.05, 0) is 48.5 Å². The summed E-state index contributed by atoms with van der Waals surface area (Å²) in [7, 11) is 0. The van der Waals surface area contributed by atoms with E-state index in [1.165, 1.54) is 11.8 Å². The Hall–Kier alpha value is -2.13. The van der Waals surface area contributed by atoms with Crippen LogP contribution in [0, 0.1) is 0 Å².